The SMILES string of the molecule is CC(C)CCN(C)C(=O)CCOCC(C)C. The standard InChI is InChI=1S/C13H27NO2/c1-11(2)6-8-14(5)13(15)7-9-16-10-12(3)4/h11-12H,6-10H2,1-5H3. The van der Waals surface area contributed by atoms with E-state index in [4.69, 9.17) is 4.74 Å². The number of amides is 1. The number of nitrogens with zero attached hydrogens (tertiary/aromatic N) is 1. The molecule has 0 unspecified atom stereocenters. The second-order valence-corrected chi connectivity index (χ2v) is 5.22. The molecule has 0 aromatic rings. The molecule has 0 N–H and O–H groups in total. The lowest BCUT2D eigenvalue weighted by Crippen LogP contribution is -2.29. The van der Waals surface area contributed by atoms with E-state index in [2.05, 4.69) is 27.7 Å². The maximum atomic E-state index is 11.6. The van der Waals surface area contributed by atoms with Crippen LogP contribution in [0.2, 0.25) is 0 Å². The first-order valence-corrected chi connectivity index (χ1v) is 6.25. The molecule has 0 saturated carbocycles. The maximum absolute atomic E-state index is 11.6. The fourth-order valence-electron chi connectivity index (χ4n) is 1.25. The second kappa shape index (κ2) is 8.57. The van der Waals surface area contributed by atoms with Gasteiger partial charge in [-0.05, 0) is 18.3 Å². The molecule has 0 atom stereocenters. The predicted molar refractivity (Wildman–Crippen MR) is 67.4 cm³/mol. The molecule has 0 aliphatic rings. The molecule has 0 aromatic carbocycles. The third kappa shape index (κ3) is 8.72. The summed E-state index contributed by atoms with van der Waals surface area (Å²) in [6.07, 6.45) is 1.57. The minimum absolute atomic E-state index is 0.185. The summed E-state index contributed by atoms with van der Waals surface area (Å²) in [4.78, 5) is 13.5. The van der Waals surface area contributed by atoms with Crippen LogP contribution in [0.1, 0.15) is 40.5 Å². The van der Waals surface area contributed by atoms with Crippen LogP contribution in [0, 0.1) is 11.8 Å². The minimum atomic E-state index is 0.185. The van der Waals surface area contributed by atoms with Gasteiger partial charge in [-0.3, -0.25) is 4.79 Å². The number of hydrogen-bond donors (Lipinski definition) is 0. The Hall–Kier alpha value is -0.570. The first kappa shape index (κ1) is 15.4. The van der Waals surface area contributed by atoms with E-state index >= 15 is 0 Å². The van der Waals surface area contributed by atoms with Gasteiger partial charge in [0.1, 0.15) is 0 Å². The van der Waals surface area contributed by atoms with Crippen LogP contribution in [-0.2, 0) is 9.53 Å². The Bertz CT molecular complexity index is 190. The highest BCUT2D eigenvalue weighted by Gasteiger charge is 2.08. The van der Waals surface area contributed by atoms with E-state index in [0.29, 0.717) is 24.9 Å². The van der Waals surface area contributed by atoms with Crippen molar-refractivity contribution in [3.63, 3.8) is 0 Å². The van der Waals surface area contributed by atoms with Crippen molar-refractivity contribution in [2.45, 2.75) is 40.5 Å². The zero-order valence-electron chi connectivity index (χ0n) is 11.5. The van der Waals surface area contributed by atoms with Crippen LogP contribution in [0.15, 0.2) is 0 Å². The van der Waals surface area contributed by atoms with E-state index in [1.165, 1.54) is 0 Å². The molecule has 0 aromatic heterocycles. The van der Waals surface area contributed by atoms with Crippen molar-refractivity contribution in [3.05, 3.63) is 0 Å². The van der Waals surface area contributed by atoms with Crippen LogP contribution in [0.5, 0.6) is 0 Å². The first-order valence-electron chi connectivity index (χ1n) is 6.25. The number of ether oxygens (including phenoxy) is 1. The van der Waals surface area contributed by atoms with E-state index in [-0.39, 0.29) is 5.91 Å². The topological polar surface area (TPSA) is 29.5 Å². The molecule has 0 aliphatic heterocycles. The van der Waals surface area contributed by atoms with Gasteiger partial charge in [0, 0.05) is 20.2 Å². The van der Waals surface area contributed by atoms with Crippen molar-refractivity contribution in [2.24, 2.45) is 11.8 Å². The number of rotatable bonds is 8. The molecule has 0 radical (unpaired) electrons. The highest BCUT2D eigenvalue weighted by atomic mass is 16.5. The first-order chi connectivity index (χ1) is 7.43. The van der Waals surface area contributed by atoms with Gasteiger partial charge < -0.3 is 9.64 Å². The molecule has 0 heterocycles. The zero-order valence-corrected chi connectivity index (χ0v) is 11.5. The summed E-state index contributed by atoms with van der Waals surface area (Å²) in [6.45, 7) is 10.7. The molecule has 0 bridgehead atoms. The van der Waals surface area contributed by atoms with Crippen LogP contribution in [0.4, 0.5) is 0 Å². The molecule has 0 fully saturated rings. The van der Waals surface area contributed by atoms with E-state index in [1.807, 2.05) is 7.05 Å². The van der Waals surface area contributed by atoms with E-state index in [1.54, 1.807) is 4.90 Å². The van der Waals surface area contributed by atoms with Gasteiger partial charge in [-0.1, -0.05) is 27.7 Å². The van der Waals surface area contributed by atoms with Gasteiger partial charge in [-0.2, -0.15) is 0 Å². The number of hydrogen-bond acceptors (Lipinski definition) is 2. The Labute approximate surface area is 100 Å². The van der Waals surface area contributed by atoms with Crippen molar-refractivity contribution < 1.29 is 9.53 Å². The monoisotopic (exact) mass is 229 g/mol. The van der Waals surface area contributed by atoms with Crippen LogP contribution >= 0.6 is 0 Å². The largest absolute Gasteiger partial charge is 0.381 e. The molecule has 3 nitrogen and oxygen atoms in total. The highest BCUT2D eigenvalue weighted by Crippen LogP contribution is 2.02. The lowest BCUT2D eigenvalue weighted by Gasteiger charge is -2.18. The molecule has 0 aliphatic carbocycles. The average Bonchev–Trinajstić information content (AvgIpc) is 2.20. The summed E-state index contributed by atoms with van der Waals surface area (Å²) >= 11 is 0. The van der Waals surface area contributed by atoms with Gasteiger partial charge >= 0.3 is 0 Å². The molecule has 0 spiro atoms. The van der Waals surface area contributed by atoms with Gasteiger partial charge in [0.25, 0.3) is 0 Å². The molecule has 3 heteroatoms. The third-order valence-electron chi connectivity index (χ3n) is 2.38. The average molecular weight is 229 g/mol. The van der Waals surface area contributed by atoms with Crippen molar-refractivity contribution in [3.8, 4) is 0 Å². The summed E-state index contributed by atoms with van der Waals surface area (Å²) in [7, 11) is 1.87. The maximum Gasteiger partial charge on any atom is 0.224 e. The fraction of sp³-hybridized carbons (Fsp3) is 0.923. The summed E-state index contributed by atoms with van der Waals surface area (Å²) in [5, 5.41) is 0. The Kier molecular flexibility index (Phi) is 8.26. The van der Waals surface area contributed by atoms with Gasteiger partial charge in [-0.25, -0.2) is 0 Å². The summed E-state index contributed by atoms with van der Waals surface area (Å²) < 4.78 is 5.39. The number of carbonyl (C=O) groups excluding carboxylic acids is 1. The minimum Gasteiger partial charge on any atom is -0.381 e. The summed E-state index contributed by atoms with van der Waals surface area (Å²) in [5.74, 6) is 1.37. The van der Waals surface area contributed by atoms with Crippen molar-refractivity contribution >= 4 is 5.91 Å². The van der Waals surface area contributed by atoms with E-state index in [0.717, 1.165) is 19.6 Å². The summed E-state index contributed by atoms with van der Waals surface area (Å²) in [5.41, 5.74) is 0. The summed E-state index contributed by atoms with van der Waals surface area (Å²) in [6, 6.07) is 0. The quantitative estimate of drug-likeness (QED) is 0.599. The predicted octanol–water partition coefficient (Wildman–Crippen LogP) is 2.55. The van der Waals surface area contributed by atoms with Gasteiger partial charge in [0.05, 0.1) is 13.0 Å². The molecular weight excluding hydrogens is 202 g/mol. The molecule has 16 heavy (non-hydrogen) atoms. The van der Waals surface area contributed by atoms with Crippen LogP contribution in [0.3, 0.4) is 0 Å². The Morgan fingerprint density at radius 2 is 1.81 bits per heavy atom. The molecule has 96 valence electrons. The molecule has 0 rings (SSSR count). The van der Waals surface area contributed by atoms with E-state index < -0.39 is 0 Å². The van der Waals surface area contributed by atoms with Gasteiger partial charge in [0.2, 0.25) is 5.91 Å². The third-order valence-corrected chi connectivity index (χ3v) is 2.38. The van der Waals surface area contributed by atoms with Crippen molar-refractivity contribution in [2.75, 3.05) is 26.8 Å². The van der Waals surface area contributed by atoms with Gasteiger partial charge in [0.15, 0.2) is 0 Å². The second-order valence-electron chi connectivity index (χ2n) is 5.22. The molecular formula is C13H27NO2. The van der Waals surface area contributed by atoms with E-state index in [9.17, 15) is 4.79 Å². The van der Waals surface area contributed by atoms with Crippen LogP contribution < -0.4 is 0 Å². The lowest BCUT2D eigenvalue weighted by atomic mass is 10.1. The Balaban J connectivity index is 3.55. The lowest BCUT2D eigenvalue weighted by molar-refractivity contribution is -0.131. The van der Waals surface area contributed by atoms with Crippen molar-refractivity contribution in [1.29, 1.82) is 0 Å². The smallest absolute Gasteiger partial charge is 0.224 e. The van der Waals surface area contributed by atoms with Crippen LogP contribution in [-0.4, -0.2) is 37.6 Å². The Morgan fingerprint density at radius 1 is 1.19 bits per heavy atom. The van der Waals surface area contributed by atoms with Crippen molar-refractivity contribution in [1.82, 2.24) is 4.90 Å². The Morgan fingerprint density at radius 3 is 2.31 bits per heavy atom. The normalized spacial score (nSPS) is 11.2. The molecule has 1 amide bonds. The van der Waals surface area contributed by atoms with Crippen LogP contribution in [0.25, 0.3) is 0 Å². The highest BCUT2D eigenvalue weighted by molar-refractivity contribution is 5.75. The zero-order chi connectivity index (χ0) is 12.6. The fourth-order valence-corrected chi connectivity index (χ4v) is 1.25. The van der Waals surface area contributed by atoms with Gasteiger partial charge in [-0.15, -0.1) is 0 Å². The molecule has 0 saturated heterocycles. The number of carbonyl (C=O) groups is 1.